The van der Waals surface area contributed by atoms with Crippen molar-refractivity contribution in [3.05, 3.63) is 30.1 Å². The molecule has 0 saturated carbocycles. The molecule has 0 aliphatic carbocycles. The van der Waals surface area contributed by atoms with Crippen LogP contribution in [0.4, 0.5) is 12.9 Å². The van der Waals surface area contributed by atoms with Crippen LogP contribution in [0.1, 0.15) is 12.7 Å². The number of hydrogen-bond donors (Lipinski definition) is 0. The maximum Gasteiger partial charge on any atom is 0.485 e. The fourth-order valence-corrected chi connectivity index (χ4v) is 1.84. The van der Waals surface area contributed by atoms with Crippen LogP contribution in [0.5, 0.6) is 0 Å². The van der Waals surface area contributed by atoms with E-state index in [1.54, 1.807) is 28.8 Å². The van der Waals surface area contributed by atoms with E-state index in [0.29, 0.717) is 12.1 Å². The summed E-state index contributed by atoms with van der Waals surface area (Å²) in [6.45, 7) is -2.51. The largest absolute Gasteiger partial charge is 0.485 e. The van der Waals surface area contributed by atoms with Crippen molar-refractivity contribution in [1.82, 2.24) is 9.55 Å². The van der Waals surface area contributed by atoms with Gasteiger partial charge in [0.15, 0.2) is 0 Å². The maximum absolute atomic E-state index is 12.4. The van der Waals surface area contributed by atoms with Crippen molar-refractivity contribution < 1.29 is 12.9 Å². The summed E-state index contributed by atoms with van der Waals surface area (Å²) >= 11 is 0. The monoisotopic (exact) mass is 227 g/mol. The van der Waals surface area contributed by atoms with Crippen LogP contribution in [0, 0.1) is 0 Å². The Morgan fingerprint density at radius 1 is 1.25 bits per heavy atom. The first-order valence-corrected chi connectivity index (χ1v) is 5.16. The molecule has 0 unspecified atom stereocenters. The van der Waals surface area contributed by atoms with Crippen molar-refractivity contribution in [1.29, 1.82) is 0 Å². The normalized spacial score (nSPS) is 12.2. The molecule has 0 radical (unpaired) electrons. The Morgan fingerprint density at radius 3 is 2.56 bits per heavy atom. The molecule has 6 heteroatoms. The number of aryl methyl sites for hydroxylation is 1. The van der Waals surface area contributed by atoms with Gasteiger partial charge in [-0.2, -0.15) is 0 Å². The predicted octanol–water partition coefficient (Wildman–Crippen LogP) is 2.99. The summed E-state index contributed by atoms with van der Waals surface area (Å²) in [6.07, 6.45) is -0.914. The van der Waals surface area contributed by atoms with E-state index in [-0.39, 0.29) is 5.82 Å². The first kappa shape index (κ1) is 11.0. The number of hydrogen-bond acceptors (Lipinski definition) is 1. The standard InChI is InChI=1S/C10H11BF3N2/c1-2-16-9-6-4-3-5-8(9)15-10(16)7-11(12,13)14/h3-6H,2,7H2,1H3/q-1. The Morgan fingerprint density at radius 2 is 1.94 bits per heavy atom. The van der Waals surface area contributed by atoms with Crippen molar-refractivity contribution in [3.8, 4) is 0 Å². The van der Waals surface area contributed by atoms with Gasteiger partial charge in [0.25, 0.3) is 0 Å². The van der Waals surface area contributed by atoms with E-state index >= 15 is 0 Å². The summed E-state index contributed by atoms with van der Waals surface area (Å²) in [7, 11) is 0. The molecule has 0 amide bonds. The highest BCUT2D eigenvalue weighted by Crippen LogP contribution is 2.21. The van der Waals surface area contributed by atoms with E-state index in [2.05, 4.69) is 4.98 Å². The molecule has 0 bridgehead atoms. The van der Waals surface area contributed by atoms with Gasteiger partial charge in [0.1, 0.15) is 0 Å². The van der Waals surface area contributed by atoms with Crippen LogP contribution < -0.4 is 0 Å². The molecular weight excluding hydrogens is 216 g/mol. The summed E-state index contributed by atoms with van der Waals surface area (Å²) < 4.78 is 38.8. The van der Waals surface area contributed by atoms with Gasteiger partial charge in [-0.15, -0.1) is 0 Å². The predicted molar refractivity (Wildman–Crippen MR) is 58.2 cm³/mol. The molecule has 0 aliphatic rings. The molecule has 16 heavy (non-hydrogen) atoms. The van der Waals surface area contributed by atoms with E-state index in [9.17, 15) is 12.9 Å². The first-order valence-electron chi connectivity index (χ1n) is 5.16. The van der Waals surface area contributed by atoms with Crippen LogP contribution in [0.25, 0.3) is 11.0 Å². The Balaban J connectivity index is 2.52. The Bertz CT molecular complexity index is 504. The third-order valence-corrected chi connectivity index (χ3v) is 2.46. The van der Waals surface area contributed by atoms with Crippen LogP contribution in [-0.4, -0.2) is 16.5 Å². The summed E-state index contributed by atoms with van der Waals surface area (Å²) in [4.78, 5) is 4.03. The number of imidazole rings is 1. The summed E-state index contributed by atoms with van der Waals surface area (Å²) in [5, 5.41) is 0. The zero-order valence-corrected chi connectivity index (χ0v) is 8.83. The molecule has 2 aromatic rings. The van der Waals surface area contributed by atoms with E-state index in [1.165, 1.54) is 0 Å². The minimum atomic E-state index is -4.83. The van der Waals surface area contributed by atoms with Gasteiger partial charge in [-0.3, -0.25) is 0 Å². The van der Waals surface area contributed by atoms with E-state index in [1.807, 2.05) is 6.92 Å². The number of nitrogens with zero attached hydrogens (tertiary/aromatic N) is 2. The third-order valence-electron chi connectivity index (χ3n) is 2.46. The highest BCUT2D eigenvalue weighted by molar-refractivity contribution is 6.57. The zero-order chi connectivity index (χ0) is 11.8. The summed E-state index contributed by atoms with van der Waals surface area (Å²) in [5.74, 6) is 0.108. The fraction of sp³-hybridized carbons (Fsp3) is 0.300. The highest BCUT2D eigenvalue weighted by atomic mass is 19.4. The second-order valence-corrected chi connectivity index (χ2v) is 3.68. The second-order valence-electron chi connectivity index (χ2n) is 3.68. The number of rotatable bonds is 3. The molecule has 1 aromatic carbocycles. The Kier molecular flexibility index (Phi) is 2.65. The lowest BCUT2D eigenvalue weighted by Gasteiger charge is -2.14. The molecular formula is C10H11BF3N2-. The van der Waals surface area contributed by atoms with Gasteiger partial charge in [-0.25, -0.2) is 4.98 Å². The number of benzene rings is 1. The van der Waals surface area contributed by atoms with Gasteiger partial charge in [0, 0.05) is 6.54 Å². The van der Waals surface area contributed by atoms with Crippen molar-refractivity contribution in [3.63, 3.8) is 0 Å². The van der Waals surface area contributed by atoms with Crippen molar-refractivity contribution in [2.75, 3.05) is 0 Å². The van der Waals surface area contributed by atoms with Gasteiger partial charge in [-0.1, -0.05) is 12.1 Å². The zero-order valence-electron chi connectivity index (χ0n) is 8.83. The number of aromatic nitrogens is 2. The SMILES string of the molecule is CCn1c(C[B-](F)(F)F)nc2ccccc21. The Labute approximate surface area is 91.1 Å². The van der Waals surface area contributed by atoms with Crippen LogP contribution in [-0.2, 0) is 12.9 Å². The smallest absolute Gasteiger partial charge is 0.449 e. The lowest BCUT2D eigenvalue weighted by molar-refractivity contribution is 0.462. The quantitative estimate of drug-likeness (QED) is 0.737. The van der Waals surface area contributed by atoms with Crippen LogP contribution in [0.15, 0.2) is 24.3 Å². The minimum absolute atomic E-state index is 0.108. The van der Waals surface area contributed by atoms with Gasteiger partial charge in [0.05, 0.1) is 16.9 Å². The van der Waals surface area contributed by atoms with Crippen molar-refractivity contribution in [2.24, 2.45) is 0 Å². The maximum atomic E-state index is 12.4. The number of halogens is 3. The summed E-state index contributed by atoms with van der Waals surface area (Å²) in [6, 6.07) is 7.10. The molecule has 0 N–H and O–H groups in total. The van der Waals surface area contributed by atoms with Gasteiger partial charge < -0.3 is 17.5 Å². The average molecular weight is 227 g/mol. The van der Waals surface area contributed by atoms with Gasteiger partial charge in [-0.05, 0) is 25.4 Å². The van der Waals surface area contributed by atoms with Gasteiger partial charge >= 0.3 is 6.98 Å². The molecule has 1 heterocycles. The van der Waals surface area contributed by atoms with Crippen LogP contribution >= 0.6 is 0 Å². The lowest BCUT2D eigenvalue weighted by atomic mass is 9.86. The topological polar surface area (TPSA) is 17.8 Å². The fourth-order valence-electron chi connectivity index (χ4n) is 1.84. The Hall–Kier alpha value is -1.46. The van der Waals surface area contributed by atoms with E-state index in [4.69, 9.17) is 0 Å². The van der Waals surface area contributed by atoms with Crippen molar-refractivity contribution >= 4 is 18.0 Å². The third kappa shape index (κ3) is 2.05. The molecule has 0 atom stereocenters. The summed E-state index contributed by atoms with van der Waals surface area (Å²) in [5.41, 5.74) is 1.39. The second kappa shape index (κ2) is 3.85. The van der Waals surface area contributed by atoms with Crippen molar-refractivity contribution in [2.45, 2.75) is 19.8 Å². The average Bonchev–Trinajstić information content (AvgIpc) is 2.51. The highest BCUT2D eigenvalue weighted by Gasteiger charge is 2.26. The number of fused-ring (bicyclic) bond motifs is 1. The van der Waals surface area contributed by atoms with Crippen LogP contribution in [0.2, 0.25) is 0 Å². The first-order chi connectivity index (χ1) is 7.51. The molecule has 86 valence electrons. The van der Waals surface area contributed by atoms with Crippen LogP contribution in [0.3, 0.4) is 0 Å². The molecule has 0 aliphatic heterocycles. The molecule has 0 fully saturated rings. The molecule has 2 rings (SSSR count). The molecule has 2 nitrogen and oxygen atoms in total. The molecule has 1 aromatic heterocycles. The van der Waals surface area contributed by atoms with E-state index < -0.39 is 13.3 Å². The van der Waals surface area contributed by atoms with E-state index in [0.717, 1.165) is 5.52 Å². The number of para-hydroxylation sites is 2. The lowest BCUT2D eigenvalue weighted by Crippen LogP contribution is -2.22. The molecule has 0 spiro atoms. The molecule has 0 saturated heterocycles. The minimum Gasteiger partial charge on any atom is -0.449 e. The van der Waals surface area contributed by atoms with Gasteiger partial charge in [0.2, 0.25) is 0 Å².